The molecule has 0 aromatic heterocycles. The molecule has 0 radical (unpaired) electrons. The van der Waals surface area contributed by atoms with Crippen molar-refractivity contribution < 1.29 is 18.0 Å². The second-order valence-electron chi connectivity index (χ2n) is 6.87. The van der Waals surface area contributed by atoms with Crippen LogP contribution < -0.4 is 11.1 Å². The van der Waals surface area contributed by atoms with Crippen molar-refractivity contribution in [2.24, 2.45) is 17.6 Å². The Bertz CT molecular complexity index is 386. The summed E-state index contributed by atoms with van der Waals surface area (Å²) in [6.45, 7) is 2.03. The van der Waals surface area contributed by atoms with Crippen LogP contribution in [0.25, 0.3) is 0 Å². The molecule has 0 heterocycles. The summed E-state index contributed by atoms with van der Waals surface area (Å²) in [4.78, 5) is 12.4. The van der Waals surface area contributed by atoms with Crippen molar-refractivity contribution in [1.29, 1.82) is 0 Å². The van der Waals surface area contributed by atoms with Crippen LogP contribution in [-0.4, -0.2) is 23.7 Å². The van der Waals surface area contributed by atoms with Crippen LogP contribution in [0.3, 0.4) is 0 Å². The molecule has 0 aromatic rings. The van der Waals surface area contributed by atoms with Crippen molar-refractivity contribution in [3.8, 4) is 0 Å². The molecule has 4 atom stereocenters. The highest BCUT2D eigenvalue weighted by Crippen LogP contribution is 2.38. The number of carbonyl (C=O) groups excluding carboxylic acids is 1. The lowest BCUT2D eigenvalue weighted by Crippen LogP contribution is -2.60. The molecule has 0 aromatic carbocycles. The number of nitrogens with one attached hydrogen (secondary N) is 1. The van der Waals surface area contributed by atoms with Crippen LogP contribution in [-0.2, 0) is 4.79 Å². The lowest BCUT2D eigenvalue weighted by Gasteiger charge is -2.39. The fourth-order valence-electron chi connectivity index (χ4n) is 3.81. The first kappa shape index (κ1) is 16.6. The van der Waals surface area contributed by atoms with Crippen molar-refractivity contribution in [2.45, 2.75) is 76.0 Å². The molecule has 4 unspecified atom stereocenters. The van der Waals surface area contributed by atoms with Crippen molar-refractivity contribution in [1.82, 2.24) is 5.32 Å². The quantitative estimate of drug-likeness (QED) is 0.823. The molecule has 122 valence electrons. The number of hydrogen-bond acceptors (Lipinski definition) is 2. The number of carbonyl (C=O) groups is 1. The van der Waals surface area contributed by atoms with Gasteiger partial charge in [0, 0.05) is 6.04 Å². The number of halogens is 3. The van der Waals surface area contributed by atoms with Gasteiger partial charge >= 0.3 is 6.18 Å². The number of amides is 1. The summed E-state index contributed by atoms with van der Waals surface area (Å²) >= 11 is 0. The summed E-state index contributed by atoms with van der Waals surface area (Å²) in [6.07, 6.45) is 0.547. The molecular formula is C15H25F3N2O. The van der Waals surface area contributed by atoms with Gasteiger partial charge in [0.05, 0.1) is 11.5 Å². The zero-order valence-corrected chi connectivity index (χ0v) is 12.5. The molecule has 0 spiro atoms. The fourth-order valence-corrected chi connectivity index (χ4v) is 3.81. The average Bonchev–Trinajstić information content (AvgIpc) is 2.37. The standard InChI is InChI=1S/C15H25F3N2O/c1-10-5-4-8-14(19,9-10)13(21)20-12-7-3-2-6-11(12)15(16,17)18/h10-12H,2-9,19H2,1H3,(H,20,21). The van der Waals surface area contributed by atoms with Gasteiger partial charge in [-0.05, 0) is 31.6 Å². The molecule has 0 bridgehead atoms. The molecule has 1 amide bonds. The highest BCUT2D eigenvalue weighted by Gasteiger charge is 2.47. The Balaban J connectivity index is 2.03. The molecule has 0 saturated heterocycles. The topological polar surface area (TPSA) is 55.1 Å². The molecule has 0 aliphatic heterocycles. The number of rotatable bonds is 2. The van der Waals surface area contributed by atoms with E-state index < -0.39 is 29.6 Å². The molecule has 2 rings (SSSR count). The van der Waals surface area contributed by atoms with E-state index in [2.05, 4.69) is 5.32 Å². The summed E-state index contributed by atoms with van der Waals surface area (Å²) in [6, 6.07) is -0.816. The van der Waals surface area contributed by atoms with Crippen LogP contribution in [0, 0.1) is 11.8 Å². The van der Waals surface area contributed by atoms with E-state index in [1.54, 1.807) is 0 Å². The van der Waals surface area contributed by atoms with E-state index in [4.69, 9.17) is 5.73 Å². The Kier molecular flexibility index (Phi) is 4.85. The minimum Gasteiger partial charge on any atom is -0.351 e. The van der Waals surface area contributed by atoms with E-state index in [1.165, 1.54) is 0 Å². The van der Waals surface area contributed by atoms with Crippen molar-refractivity contribution >= 4 is 5.91 Å². The first-order valence-corrected chi connectivity index (χ1v) is 7.89. The van der Waals surface area contributed by atoms with Crippen molar-refractivity contribution in [3.63, 3.8) is 0 Å². The first-order valence-electron chi connectivity index (χ1n) is 7.89. The minimum atomic E-state index is -4.25. The van der Waals surface area contributed by atoms with Crippen molar-refractivity contribution in [3.05, 3.63) is 0 Å². The van der Waals surface area contributed by atoms with Crippen LogP contribution in [0.15, 0.2) is 0 Å². The number of alkyl halides is 3. The van der Waals surface area contributed by atoms with E-state index in [-0.39, 0.29) is 6.42 Å². The number of nitrogens with two attached hydrogens (primary N) is 1. The largest absolute Gasteiger partial charge is 0.393 e. The maximum Gasteiger partial charge on any atom is 0.393 e. The van der Waals surface area contributed by atoms with Gasteiger partial charge in [-0.15, -0.1) is 0 Å². The molecule has 6 heteroatoms. The zero-order valence-electron chi connectivity index (χ0n) is 12.5. The first-order chi connectivity index (χ1) is 9.72. The predicted molar refractivity (Wildman–Crippen MR) is 74.5 cm³/mol. The third-order valence-electron chi connectivity index (χ3n) is 4.99. The molecule has 3 nitrogen and oxygen atoms in total. The molecule has 2 aliphatic rings. The molecule has 2 aliphatic carbocycles. The van der Waals surface area contributed by atoms with Crippen LogP contribution in [0.4, 0.5) is 13.2 Å². The lowest BCUT2D eigenvalue weighted by atomic mass is 9.76. The summed E-state index contributed by atoms with van der Waals surface area (Å²) in [5.41, 5.74) is 5.18. The monoisotopic (exact) mass is 306 g/mol. The minimum absolute atomic E-state index is 0.0996. The normalized spacial score (nSPS) is 38.0. The average molecular weight is 306 g/mol. The van der Waals surface area contributed by atoms with Gasteiger partial charge in [0.25, 0.3) is 0 Å². The van der Waals surface area contributed by atoms with Gasteiger partial charge in [0.15, 0.2) is 0 Å². The Morgan fingerprint density at radius 3 is 2.48 bits per heavy atom. The lowest BCUT2D eigenvalue weighted by molar-refractivity contribution is -0.189. The van der Waals surface area contributed by atoms with E-state index >= 15 is 0 Å². The van der Waals surface area contributed by atoms with Gasteiger partial charge in [-0.2, -0.15) is 13.2 Å². The second-order valence-corrected chi connectivity index (χ2v) is 6.87. The predicted octanol–water partition coefficient (Wildman–Crippen LogP) is 3.13. The van der Waals surface area contributed by atoms with Crippen LogP contribution in [0.2, 0.25) is 0 Å². The summed E-state index contributed by atoms with van der Waals surface area (Å²) < 4.78 is 39.2. The third-order valence-corrected chi connectivity index (χ3v) is 4.99. The Hall–Kier alpha value is -0.780. The molecule has 21 heavy (non-hydrogen) atoms. The summed E-state index contributed by atoms with van der Waals surface area (Å²) in [5.74, 6) is -1.48. The molecule has 2 fully saturated rings. The van der Waals surface area contributed by atoms with Crippen molar-refractivity contribution in [2.75, 3.05) is 0 Å². The van der Waals surface area contributed by atoms with Gasteiger partial charge in [0.2, 0.25) is 5.91 Å². The molecular weight excluding hydrogens is 281 g/mol. The van der Waals surface area contributed by atoms with Gasteiger partial charge in [0.1, 0.15) is 0 Å². The van der Waals surface area contributed by atoms with E-state index in [9.17, 15) is 18.0 Å². The van der Waals surface area contributed by atoms with E-state index in [1.807, 2.05) is 6.92 Å². The molecule has 3 N–H and O–H groups in total. The Labute approximate surface area is 123 Å². The number of hydrogen-bond donors (Lipinski definition) is 2. The van der Waals surface area contributed by atoms with Crippen LogP contribution in [0.5, 0.6) is 0 Å². The van der Waals surface area contributed by atoms with E-state index in [0.717, 1.165) is 19.3 Å². The summed E-state index contributed by atoms with van der Waals surface area (Å²) in [7, 11) is 0. The van der Waals surface area contributed by atoms with Gasteiger partial charge in [-0.3, -0.25) is 4.79 Å². The smallest absolute Gasteiger partial charge is 0.351 e. The third kappa shape index (κ3) is 3.90. The highest BCUT2D eigenvalue weighted by atomic mass is 19.4. The summed E-state index contributed by atoms with van der Waals surface area (Å²) in [5, 5.41) is 2.62. The molecule has 2 saturated carbocycles. The zero-order chi connectivity index (χ0) is 15.7. The van der Waals surface area contributed by atoms with Gasteiger partial charge in [-0.1, -0.05) is 32.6 Å². The highest BCUT2D eigenvalue weighted by molar-refractivity contribution is 5.86. The van der Waals surface area contributed by atoms with Gasteiger partial charge < -0.3 is 11.1 Å². The van der Waals surface area contributed by atoms with Gasteiger partial charge in [-0.25, -0.2) is 0 Å². The fraction of sp³-hybridized carbons (Fsp3) is 0.933. The second kappa shape index (κ2) is 6.15. The Morgan fingerprint density at radius 1 is 1.19 bits per heavy atom. The Morgan fingerprint density at radius 2 is 1.86 bits per heavy atom. The SMILES string of the molecule is CC1CCCC(N)(C(=O)NC2CCCCC2C(F)(F)F)C1. The van der Waals surface area contributed by atoms with E-state index in [0.29, 0.717) is 31.6 Å². The maximum absolute atomic E-state index is 13.1. The maximum atomic E-state index is 13.1. The van der Waals surface area contributed by atoms with Crippen LogP contribution >= 0.6 is 0 Å². The van der Waals surface area contributed by atoms with Crippen LogP contribution in [0.1, 0.15) is 58.3 Å².